The molecule has 6 heteroatoms. The van der Waals surface area contributed by atoms with E-state index in [0.717, 1.165) is 10.7 Å². The van der Waals surface area contributed by atoms with Gasteiger partial charge in [-0.2, -0.15) is 0 Å². The summed E-state index contributed by atoms with van der Waals surface area (Å²) < 4.78 is 0. The topological polar surface area (TPSA) is 62.3 Å². The number of amides is 2. The average Bonchev–Trinajstić information content (AvgIpc) is 2.76. The van der Waals surface area contributed by atoms with Crippen LogP contribution in [0.25, 0.3) is 0 Å². The highest BCUT2D eigenvalue weighted by atomic mass is 32.1. The molecule has 1 aliphatic heterocycles. The largest absolute Gasteiger partial charge is 0.343 e. The van der Waals surface area contributed by atoms with E-state index in [1.54, 1.807) is 23.2 Å². The van der Waals surface area contributed by atoms with Gasteiger partial charge in [-0.3, -0.25) is 9.59 Å². The third-order valence-corrected chi connectivity index (χ3v) is 4.21. The van der Waals surface area contributed by atoms with Crippen molar-refractivity contribution >= 4 is 23.2 Å². The van der Waals surface area contributed by atoms with Gasteiger partial charge >= 0.3 is 0 Å². The van der Waals surface area contributed by atoms with Crippen molar-refractivity contribution in [2.75, 3.05) is 0 Å². The molecule has 0 aliphatic carbocycles. The normalized spacial score (nSPS) is 23.4. The minimum absolute atomic E-state index is 0.0269. The van der Waals surface area contributed by atoms with Crippen LogP contribution < -0.4 is 5.32 Å². The highest BCUT2D eigenvalue weighted by molar-refractivity contribution is 7.09. The Hall–Kier alpha value is -1.43. The molecule has 110 valence electrons. The summed E-state index contributed by atoms with van der Waals surface area (Å²) >= 11 is 1.56. The van der Waals surface area contributed by atoms with Crippen molar-refractivity contribution in [3.8, 4) is 0 Å². The molecular weight excluding hydrogens is 274 g/mol. The molecule has 0 bridgehead atoms. The predicted molar refractivity (Wildman–Crippen MR) is 78.2 cm³/mol. The van der Waals surface area contributed by atoms with Gasteiger partial charge in [-0.05, 0) is 26.2 Å². The van der Waals surface area contributed by atoms with Crippen molar-refractivity contribution in [2.45, 2.75) is 52.7 Å². The fourth-order valence-corrected chi connectivity index (χ4v) is 3.04. The fourth-order valence-electron chi connectivity index (χ4n) is 2.44. The Morgan fingerprint density at radius 2 is 2.15 bits per heavy atom. The van der Waals surface area contributed by atoms with Crippen LogP contribution in [0.1, 0.15) is 37.9 Å². The monoisotopic (exact) mass is 295 g/mol. The first-order valence-corrected chi connectivity index (χ1v) is 7.78. The number of nitrogens with one attached hydrogen (secondary N) is 1. The van der Waals surface area contributed by atoms with Gasteiger partial charge in [0.2, 0.25) is 11.8 Å². The Kier molecular flexibility index (Phi) is 4.42. The first-order chi connectivity index (χ1) is 9.38. The first-order valence-electron chi connectivity index (χ1n) is 6.90. The van der Waals surface area contributed by atoms with E-state index in [0.29, 0.717) is 18.9 Å². The maximum absolute atomic E-state index is 12.4. The molecule has 0 aromatic carbocycles. The summed E-state index contributed by atoms with van der Waals surface area (Å²) in [6.45, 7) is 8.19. The summed E-state index contributed by atoms with van der Waals surface area (Å²) in [4.78, 5) is 30.6. The van der Waals surface area contributed by atoms with Gasteiger partial charge in [-0.1, -0.05) is 13.8 Å². The summed E-state index contributed by atoms with van der Waals surface area (Å²) in [5.74, 6) is 0.269. The molecule has 1 fully saturated rings. The van der Waals surface area contributed by atoms with Gasteiger partial charge in [0.1, 0.15) is 12.1 Å². The molecule has 5 nitrogen and oxygen atoms in total. The Morgan fingerprint density at radius 3 is 2.70 bits per heavy atom. The summed E-state index contributed by atoms with van der Waals surface area (Å²) in [5.41, 5.74) is 0.858. The fraction of sp³-hybridized carbons (Fsp3) is 0.643. The van der Waals surface area contributed by atoms with Gasteiger partial charge in [0, 0.05) is 5.38 Å². The lowest BCUT2D eigenvalue weighted by molar-refractivity contribution is -0.150. The number of carbonyl (C=O) groups is 2. The van der Waals surface area contributed by atoms with E-state index in [4.69, 9.17) is 0 Å². The molecule has 2 atom stereocenters. The van der Waals surface area contributed by atoms with Crippen molar-refractivity contribution < 1.29 is 9.59 Å². The van der Waals surface area contributed by atoms with Crippen LogP contribution in [0.15, 0.2) is 5.38 Å². The number of rotatable bonds is 4. The molecule has 2 unspecified atom stereocenters. The van der Waals surface area contributed by atoms with Gasteiger partial charge in [-0.15, -0.1) is 11.3 Å². The van der Waals surface area contributed by atoms with E-state index in [-0.39, 0.29) is 17.9 Å². The number of nitrogens with zero attached hydrogens (tertiary/aromatic N) is 2. The van der Waals surface area contributed by atoms with Crippen LogP contribution in [0.4, 0.5) is 0 Å². The van der Waals surface area contributed by atoms with Crippen LogP contribution in [-0.4, -0.2) is 33.8 Å². The Bertz CT molecular complexity index is 512. The zero-order valence-electron chi connectivity index (χ0n) is 12.3. The molecular formula is C14H21N3O2S. The Morgan fingerprint density at radius 1 is 1.45 bits per heavy atom. The zero-order valence-corrected chi connectivity index (χ0v) is 13.2. The van der Waals surface area contributed by atoms with Gasteiger partial charge in [0.05, 0.1) is 17.2 Å². The molecule has 1 N–H and O–H groups in total. The van der Waals surface area contributed by atoms with Gasteiger partial charge in [0.15, 0.2) is 0 Å². The standard InChI is InChI=1S/C14H21N3O2S/c1-8(2)5-12-13(18)15-9(3)14(19)17(12)6-11-7-20-10(4)16-11/h7-9,12H,5-6H2,1-4H3,(H,15,18). The summed E-state index contributed by atoms with van der Waals surface area (Å²) in [6.07, 6.45) is 0.674. The lowest BCUT2D eigenvalue weighted by atomic mass is 9.98. The molecule has 1 saturated heterocycles. The summed E-state index contributed by atoms with van der Waals surface area (Å²) in [7, 11) is 0. The third kappa shape index (κ3) is 3.17. The highest BCUT2D eigenvalue weighted by Crippen LogP contribution is 2.21. The number of aromatic nitrogens is 1. The number of piperazine rings is 1. The number of hydrogen-bond donors (Lipinski definition) is 1. The SMILES string of the molecule is Cc1nc(CN2C(=O)C(C)NC(=O)C2CC(C)C)cs1. The second-order valence-electron chi connectivity index (χ2n) is 5.70. The minimum Gasteiger partial charge on any atom is -0.343 e. The second-order valence-corrected chi connectivity index (χ2v) is 6.76. The van der Waals surface area contributed by atoms with Crippen LogP contribution in [0.3, 0.4) is 0 Å². The molecule has 0 saturated carbocycles. The molecule has 0 spiro atoms. The maximum Gasteiger partial charge on any atom is 0.245 e. The molecule has 1 aromatic rings. The Balaban J connectivity index is 2.22. The van der Waals surface area contributed by atoms with Crippen LogP contribution in [-0.2, 0) is 16.1 Å². The molecule has 1 aromatic heterocycles. The van der Waals surface area contributed by atoms with Crippen LogP contribution >= 0.6 is 11.3 Å². The van der Waals surface area contributed by atoms with Gasteiger partial charge in [0.25, 0.3) is 0 Å². The van der Waals surface area contributed by atoms with Gasteiger partial charge in [-0.25, -0.2) is 4.98 Å². The predicted octanol–water partition coefficient (Wildman–Crippen LogP) is 1.71. The van der Waals surface area contributed by atoms with E-state index in [1.807, 2.05) is 12.3 Å². The van der Waals surface area contributed by atoms with Crippen LogP contribution in [0.2, 0.25) is 0 Å². The van der Waals surface area contributed by atoms with Crippen molar-refractivity contribution in [3.05, 3.63) is 16.1 Å². The van der Waals surface area contributed by atoms with E-state index >= 15 is 0 Å². The number of hydrogen-bond acceptors (Lipinski definition) is 4. The highest BCUT2D eigenvalue weighted by Gasteiger charge is 2.38. The van der Waals surface area contributed by atoms with E-state index in [9.17, 15) is 9.59 Å². The van der Waals surface area contributed by atoms with E-state index < -0.39 is 6.04 Å². The quantitative estimate of drug-likeness (QED) is 0.920. The molecule has 20 heavy (non-hydrogen) atoms. The maximum atomic E-state index is 12.4. The van der Waals surface area contributed by atoms with E-state index in [2.05, 4.69) is 24.1 Å². The molecule has 2 rings (SSSR count). The van der Waals surface area contributed by atoms with Crippen LogP contribution in [0, 0.1) is 12.8 Å². The number of aryl methyl sites for hydroxylation is 1. The van der Waals surface area contributed by atoms with Gasteiger partial charge < -0.3 is 10.2 Å². The minimum atomic E-state index is -0.453. The van der Waals surface area contributed by atoms with Crippen molar-refractivity contribution in [1.82, 2.24) is 15.2 Å². The van der Waals surface area contributed by atoms with E-state index in [1.165, 1.54) is 0 Å². The lowest BCUT2D eigenvalue weighted by Crippen LogP contribution is -2.62. The smallest absolute Gasteiger partial charge is 0.245 e. The summed E-state index contributed by atoms with van der Waals surface area (Å²) in [6, 6.07) is -0.841. The average molecular weight is 295 g/mol. The molecule has 1 aliphatic rings. The molecule has 0 radical (unpaired) electrons. The van der Waals surface area contributed by atoms with Crippen molar-refractivity contribution in [3.63, 3.8) is 0 Å². The van der Waals surface area contributed by atoms with Crippen LogP contribution in [0.5, 0.6) is 0 Å². The molecule has 2 amide bonds. The number of carbonyl (C=O) groups excluding carboxylic acids is 2. The summed E-state index contributed by atoms with van der Waals surface area (Å²) in [5, 5.41) is 5.68. The second kappa shape index (κ2) is 5.91. The van der Waals surface area contributed by atoms with Crippen molar-refractivity contribution in [1.29, 1.82) is 0 Å². The van der Waals surface area contributed by atoms with Crippen molar-refractivity contribution in [2.24, 2.45) is 5.92 Å². The lowest BCUT2D eigenvalue weighted by Gasteiger charge is -2.38. The number of thiazole rings is 1. The first kappa shape index (κ1) is 15.0. The zero-order chi connectivity index (χ0) is 14.9. The Labute approximate surface area is 123 Å². The molecule has 2 heterocycles. The third-order valence-electron chi connectivity index (χ3n) is 3.38.